The van der Waals surface area contributed by atoms with Crippen LogP contribution in [0.3, 0.4) is 0 Å². The van der Waals surface area contributed by atoms with Gasteiger partial charge in [-0.25, -0.2) is 0 Å². The molecule has 0 amide bonds. The summed E-state index contributed by atoms with van der Waals surface area (Å²) in [7, 11) is 0. The van der Waals surface area contributed by atoms with Crippen LogP contribution in [0.5, 0.6) is 0 Å². The van der Waals surface area contributed by atoms with Gasteiger partial charge in [-0.05, 0) is 55.9 Å². The predicted octanol–water partition coefficient (Wildman–Crippen LogP) is 5.96. The second-order valence-electron chi connectivity index (χ2n) is 8.30. The van der Waals surface area contributed by atoms with E-state index in [0.717, 1.165) is 43.2 Å². The van der Waals surface area contributed by atoms with Gasteiger partial charge in [-0.3, -0.25) is 14.6 Å². The molecule has 1 heterocycles. The molecule has 0 fully saturated rings. The van der Waals surface area contributed by atoms with Crippen molar-refractivity contribution in [1.29, 1.82) is 0 Å². The molecule has 4 nitrogen and oxygen atoms in total. The minimum absolute atomic E-state index is 0.178. The number of hydrogen-bond donors (Lipinski definition) is 0. The number of benzene rings is 1. The Morgan fingerprint density at radius 1 is 1.17 bits per heavy atom. The van der Waals surface area contributed by atoms with Crippen molar-refractivity contribution in [1.82, 2.24) is 4.98 Å². The van der Waals surface area contributed by atoms with Crippen LogP contribution in [0.15, 0.2) is 30.3 Å². The standard InChI is InChI=1S/C26H35NO3/c1-6-8-13-30-25(29)16-24(26-21(17-28)11-10-20(5)27-26)23-12-9-19(4)15-22(23)14-18(3)7-2/h9-12,15,17-18,24H,6-8,13-14,16H2,1-5H3/t18-,24-/m1/s1. The molecular weight excluding hydrogens is 374 g/mol. The van der Waals surface area contributed by atoms with Gasteiger partial charge >= 0.3 is 5.97 Å². The van der Waals surface area contributed by atoms with Gasteiger partial charge in [-0.1, -0.05) is 57.4 Å². The molecule has 1 aromatic carbocycles. The zero-order valence-electron chi connectivity index (χ0n) is 19.0. The molecule has 2 atom stereocenters. The third-order valence-corrected chi connectivity index (χ3v) is 5.62. The van der Waals surface area contributed by atoms with Gasteiger partial charge < -0.3 is 4.74 Å². The maximum atomic E-state index is 12.7. The Kier molecular flexibility index (Phi) is 9.22. The maximum absolute atomic E-state index is 12.7. The Labute approximate surface area is 181 Å². The molecule has 0 radical (unpaired) electrons. The fourth-order valence-corrected chi connectivity index (χ4v) is 3.65. The van der Waals surface area contributed by atoms with Crippen molar-refractivity contribution in [3.63, 3.8) is 0 Å². The molecule has 0 aliphatic rings. The van der Waals surface area contributed by atoms with Crippen molar-refractivity contribution in [3.8, 4) is 0 Å². The number of nitrogens with zero attached hydrogens (tertiary/aromatic N) is 1. The normalized spacial score (nSPS) is 13.0. The summed E-state index contributed by atoms with van der Waals surface area (Å²) in [6.45, 7) is 10.9. The molecule has 162 valence electrons. The number of carbonyl (C=O) groups is 2. The van der Waals surface area contributed by atoms with E-state index in [9.17, 15) is 9.59 Å². The number of esters is 1. The minimum Gasteiger partial charge on any atom is -0.466 e. The number of carbonyl (C=O) groups excluding carboxylic acids is 2. The second kappa shape index (κ2) is 11.6. The fraction of sp³-hybridized carbons (Fsp3) is 0.500. The van der Waals surface area contributed by atoms with Gasteiger partial charge in [0.15, 0.2) is 6.29 Å². The molecule has 0 spiro atoms. The first-order chi connectivity index (χ1) is 14.4. The minimum atomic E-state index is -0.307. The molecule has 0 saturated carbocycles. The molecule has 0 unspecified atom stereocenters. The van der Waals surface area contributed by atoms with Crippen molar-refractivity contribution in [2.45, 2.75) is 72.6 Å². The quantitative estimate of drug-likeness (QED) is 0.261. The number of pyridine rings is 1. The first-order valence-electron chi connectivity index (χ1n) is 11.1. The van der Waals surface area contributed by atoms with Crippen molar-refractivity contribution in [3.05, 3.63) is 64.0 Å². The fourth-order valence-electron chi connectivity index (χ4n) is 3.65. The second-order valence-corrected chi connectivity index (χ2v) is 8.30. The number of aryl methyl sites for hydroxylation is 2. The van der Waals surface area contributed by atoms with Crippen LogP contribution < -0.4 is 0 Å². The summed E-state index contributed by atoms with van der Waals surface area (Å²) in [6.07, 6.45) is 4.85. The lowest BCUT2D eigenvalue weighted by molar-refractivity contribution is -0.144. The maximum Gasteiger partial charge on any atom is 0.306 e. The van der Waals surface area contributed by atoms with Gasteiger partial charge in [-0.2, -0.15) is 0 Å². The van der Waals surface area contributed by atoms with Crippen LogP contribution in [0.2, 0.25) is 0 Å². The Hall–Kier alpha value is -2.49. The van der Waals surface area contributed by atoms with E-state index in [4.69, 9.17) is 9.72 Å². The third-order valence-electron chi connectivity index (χ3n) is 5.62. The van der Waals surface area contributed by atoms with E-state index in [1.165, 1.54) is 11.1 Å². The van der Waals surface area contributed by atoms with E-state index in [-0.39, 0.29) is 18.3 Å². The van der Waals surface area contributed by atoms with Gasteiger partial charge in [0.1, 0.15) is 0 Å². The Bertz CT molecular complexity index is 859. The summed E-state index contributed by atoms with van der Waals surface area (Å²) >= 11 is 0. The van der Waals surface area contributed by atoms with E-state index < -0.39 is 0 Å². The van der Waals surface area contributed by atoms with Crippen molar-refractivity contribution in [2.24, 2.45) is 5.92 Å². The average Bonchev–Trinajstić information content (AvgIpc) is 2.72. The molecule has 2 rings (SSSR count). The SMILES string of the molecule is CCCCOC(=O)C[C@H](c1ccc(C)cc1C[C@H](C)CC)c1nc(C)ccc1C=O. The summed E-state index contributed by atoms with van der Waals surface area (Å²) in [5.74, 6) is -0.0266. The highest BCUT2D eigenvalue weighted by atomic mass is 16.5. The van der Waals surface area contributed by atoms with Crippen LogP contribution in [-0.4, -0.2) is 23.8 Å². The number of rotatable bonds is 11. The van der Waals surface area contributed by atoms with Crippen LogP contribution in [0.4, 0.5) is 0 Å². The van der Waals surface area contributed by atoms with Crippen molar-refractivity contribution < 1.29 is 14.3 Å². The third kappa shape index (κ3) is 6.51. The van der Waals surface area contributed by atoms with Gasteiger partial charge in [0.05, 0.1) is 18.7 Å². The van der Waals surface area contributed by atoms with Crippen LogP contribution >= 0.6 is 0 Å². The Balaban J connectivity index is 2.53. The molecule has 1 aromatic heterocycles. The first-order valence-corrected chi connectivity index (χ1v) is 11.1. The predicted molar refractivity (Wildman–Crippen MR) is 121 cm³/mol. The molecule has 30 heavy (non-hydrogen) atoms. The molecule has 0 bridgehead atoms. The van der Waals surface area contributed by atoms with E-state index in [1.807, 2.05) is 13.0 Å². The zero-order valence-corrected chi connectivity index (χ0v) is 19.0. The number of aromatic nitrogens is 1. The Morgan fingerprint density at radius 2 is 1.93 bits per heavy atom. The largest absolute Gasteiger partial charge is 0.466 e. The number of aldehydes is 1. The lowest BCUT2D eigenvalue weighted by Crippen LogP contribution is -2.17. The molecule has 4 heteroatoms. The molecular formula is C26H35NO3. The van der Waals surface area contributed by atoms with Crippen molar-refractivity contribution in [2.75, 3.05) is 6.61 Å². The van der Waals surface area contributed by atoms with Crippen LogP contribution in [0, 0.1) is 19.8 Å². The lowest BCUT2D eigenvalue weighted by atomic mass is 9.83. The lowest BCUT2D eigenvalue weighted by Gasteiger charge is -2.23. The summed E-state index contributed by atoms with van der Waals surface area (Å²) in [6, 6.07) is 9.99. The number of unbranched alkanes of at least 4 members (excludes halogenated alkanes) is 1. The van der Waals surface area contributed by atoms with E-state index in [0.29, 0.717) is 23.8 Å². The number of hydrogen-bond acceptors (Lipinski definition) is 4. The van der Waals surface area contributed by atoms with Gasteiger partial charge in [0.25, 0.3) is 0 Å². The first kappa shape index (κ1) is 23.8. The Morgan fingerprint density at radius 3 is 2.60 bits per heavy atom. The zero-order chi connectivity index (χ0) is 22.1. The van der Waals surface area contributed by atoms with Crippen molar-refractivity contribution >= 4 is 12.3 Å². The summed E-state index contributed by atoms with van der Waals surface area (Å²) < 4.78 is 5.47. The average molecular weight is 410 g/mol. The monoisotopic (exact) mass is 409 g/mol. The highest BCUT2D eigenvalue weighted by molar-refractivity contribution is 5.78. The van der Waals surface area contributed by atoms with E-state index in [2.05, 4.69) is 45.9 Å². The topological polar surface area (TPSA) is 56.3 Å². The molecule has 0 aliphatic heterocycles. The highest BCUT2D eigenvalue weighted by Gasteiger charge is 2.26. The van der Waals surface area contributed by atoms with E-state index in [1.54, 1.807) is 6.07 Å². The molecule has 0 saturated heterocycles. The number of ether oxygens (including phenoxy) is 1. The van der Waals surface area contributed by atoms with E-state index >= 15 is 0 Å². The van der Waals surface area contributed by atoms with Crippen LogP contribution in [0.25, 0.3) is 0 Å². The van der Waals surface area contributed by atoms with Gasteiger partial charge in [0, 0.05) is 17.2 Å². The van der Waals surface area contributed by atoms with Crippen LogP contribution in [0.1, 0.15) is 90.8 Å². The smallest absolute Gasteiger partial charge is 0.306 e. The summed E-state index contributed by atoms with van der Waals surface area (Å²) in [5.41, 5.74) is 5.49. The highest BCUT2D eigenvalue weighted by Crippen LogP contribution is 2.33. The summed E-state index contributed by atoms with van der Waals surface area (Å²) in [5, 5.41) is 0. The summed E-state index contributed by atoms with van der Waals surface area (Å²) in [4.78, 5) is 29.1. The van der Waals surface area contributed by atoms with Gasteiger partial charge in [0.2, 0.25) is 0 Å². The molecule has 0 N–H and O–H groups in total. The van der Waals surface area contributed by atoms with Crippen LogP contribution in [-0.2, 0) is 16.0 Å². The molecule has 2 aromatic rings. The van der Waals surface area contributed by atoms with Gasteiger partial charge in [-0.15, -0.1) is 0 Å². The molecule has 0 aliphatic carbocycles.